The van der Waals surface area contributed by atoms with Crippen LogP contribution >= 0.6 is 0 Å². The van der Waals surface area contributed by atoms with Gasteiger partial charge in [-0.1, -0.05) is 30.3 Å². The minimum absolute atomic E-state index is 0.107. The summed E-state index contributed by atoms with van der Waals surface area (Å²) in [6, 6.07) is 20.0. The van der Waals surface area contributed by atoms with Crippen LogP contribution in [0.3, 0.4) is 0 Å². The van der Waals surface area contributed by atoms with Gasteiger partial charge in [0.2, 0.25) is 5.91 Å². The standard InChI is InChI=1S/C22H18FN3O2/c23-17-6-11-21-24-19(14-26(21)13-17)12-22(27)25-18-7-9-20(10-8-18)28-15-16-4-2-1-3-5-16/h1-11,13-14H,12,15H2,(H,25,27). The number of hydrogen-bond acceptors (Lipinski definition) is 3. The molecule has 6 heteroatoms. The van der Waals surface area contributed by atoms with Crippen molar-refractivity contribution in [3.05, 3.63) is 96.2 Å². The van der Waals surface area contributed by atoms with Gasteiger partial charge in [-0.3, -0.25) is 4.79 Å². The van der Waals surface area contributed by atoms with Crippen LogP contribution in [0.25, 0.3) is 5.65 Å². The Labute approximate surface area is 161 Å². The van der Waals surface area contributed by atoms with Crippen molar-refractivity contribution in [1.29, 1.82) is 0 Å². The summed E-state index contributed by atoms with van der Waals surface area (Å²) in [5.41, 5.74) is 2.94. The predicted molar refractivity (Wildman–Crippen MR) is 105 cm³/mol. The van der Waals surface area contributed by atoms with Crippen molar-refractivity contribution >= 4 is 17.2 Å². The molecule has 0 bridgehead atoms. The van der Waals surface area contributed by atoms with Gasteiger partial charge in [-0.2, -0.15) is 0 Å². The number of aromatic nitrogens is 2. The van der Waals surface area contributed by atoms with Crippen LogP contribution in [0.15, 0.2) is 79.1 Å². The van der Waals surface area contributed by atoms with E-state index in [2.05, 4.69) is 10.3 Å². The molecule has 140 valence electrons. The number of hydrogen-bond donors (Lipinski definition) is 1. The van der Waals surface area contributed by atoms with Crippen LogP contribution in [-0.4, -0.2) is 15.3 Å². The van der Waals surface area contributed by atoms with Gasteiger partial charge in [-0.25, -0.2) is 9.37 Å². The third-order valence-electron chi connectivity index (χ3n) is 4.19. The Balaban J connectivity index is 1.33. The Morgan fingerprint density at radius 3 is 2.57 bits per heavy atom. The van der Waals surface area contributed by atoms with Gasteiger partial charge in [0.15, 0.2) is 0 Å². The lowest BCUT2D eigenvalue weighted by molar-refractivity contribution is -0.115. The molecule has 0 saturated carbocycles. The normalized spacial score (nSPS) is 10.8. The fraction of sp³-hybridized carbons (Fsp3) is 0.0909. The van der Waals surface area contributed by atoms with Crippen molar-refractivity contribution in [3.8, 4) is 5.75 Å². The molecule has 0 spiro atoms. The summed E-state index contributed by atoms with van der Waals surface area (Å²) in [5.74, 6) is 0.182. The van der Waals surface area contributed by atoms with E-state index in [0.717, 1.165) is 11.3 Å². The van der Waals surface area contributed by atoms with Gasteiger partial charge in [-0.05, 0) is 42.0 Å². The zero-order chi connectivity index (χ0) is 19.3. The Bertz CT molecular complexity index is 1090. The number of fused-ring (bicyclic) bond motifs is 1. The van der Waals surface area contributed by atoms with E-state index in [-0.39, 0.29) is 18.1 Å². The van der Waals surface area contributed by atoms with E-state index in [1.54, 1.807) is 28.8 Å². The van der Waals surface area contributed by atoms with Crippen molar-refractivity contribution in [3.63, 3.8) is 0 Å². The average molecular weight is 375 g/mol. The van der Waals surface area contributed by atoms with E-state index in [4.69, 9.17) is 4.74 Å². The molecule has 0 atom stereocenters. The second-order valence-corrected chi connectivity index (χ2v) is 6.37. The van der Waals surface area contributed by atoms with E-state index in [9.17, 15) is 9.18 Å². The topological polar surface area (TPSA) is 55.6 Å². The van der Waals surface area contributed by atoms with Crippen LogP contribution in [0, 0.1) is 5.82 Å². The number of anilines is 1. The molecule has 0 fully saturated rings. The van der Waals surface area contributed by atoms with Crippen molar-refractivity contribution < 1.29 is 13.9 Å². The molecule has 4 aromatic rings. The number of rotatable bonds is 6. The van der Waals surface area contributed by atoms with E-state index in [1.165, 1.54) is 12.3 Å². The molecule has 0 unspecified atom stereocenters. The number of pyridine rings is 1. The highest BCUT2D eigenvalue weighted by Crippen LogP contribution is 2.17. The first-order chi connectivity index (χ1) is 13.7. The van der Waals surface area contributed by atoms with E-state index in [1.807, 2.05) is 42.5 Å². The van der Waals surface area contributed by atoms with Crippen molar-refractivity contribution in [1.82, 2.24) is 9.38 Å². The van der Waals surface area contributed by atoms with Crippen LogP contribution < -0.4 is 10.1 Å². The minimum Gasteiger partial charge on any atom is -0.489 e. The van der Waals surface area contributed by atoms with Crippen LogP contribution in [0.5, 0.6) is 5.75 Å². The second kappa shape index (κ2) is 7.92. The van der Waals surface area contributed by atoms with Gasteiger partial charge in [0.25, 0.3) is 0 Å². The second-order valence-electron chi connectivity index (χ2n) is 6.37. The van der Waals surface area contributed by atoms with Gasteiger partial charge in [0.1, 0.15) is 23.8 Å². The largest absolute Gasteiger partial charge is 0.489 e. The predicted octanol–water partition coefficient (Wildman–Crippen LogP) is 4.23. The van der Waals surface area contributed by atoms with E-state index >= 15 is 0 Å². The summed E-state index contributed by atoms with van der Waals surface area (Å²) in [5, 5.41) is 2.83. The number of amides is 1. The highest BCUT2D eigenvalue weighted by Gasteiger charge is 2.09. The van der Waals surface area contributed by atoms with E-state index in [0.29, 0.717) is 23.6 Å². The van der Waals surface area contributed by atoms with Crippen molar-refractivity contribution in [2.75, 3.05) is 5.32 Å². The molecule has 2 aromatic heterocycles. The molecule has 4 rings (SSSR count). The first-order valence-corrected chi connectivity index (χ1v) is 8.85. The molecular weight excluding hydrogens is 357 g/mol. The quantitative estimate of drug-likeness (QED) is 0.549. The monoisotopic (exact) mass is 375 g/mol. The lowest BCUT2D eigenvalue weighted by Gasteiger charge is -2.08. The molecule has 0 aliphatic rings. The Kier molecular flexibility index (Phi) is 5.01. The summed E-state index contributed by atoms with van der Waals surface area (Å²) in [7, 11) is 0. The summed E-state index contributed by atoms with van der Waals surface area (Å²) < 4.78 is 20.5. The van der Waals surface area contributed by atoms with Gasteiger partial charge in [0, 0.05) is 18.1 Å². The Morgan fingerprint density at radius 1 is 1.00 bits per heavy atom. The molecule has 1 N–H and O–H groups in total. The zero-order valence-electron chi connectivity index (χ0n) is 15.0. The van der Waals surface area contributed by atoms with Crippen LogP contribution in [0.4, 0.5) is 10.1 Å². The number of halogens is 1. The molecule has 2 heterocycles. The van der Waals surface area contributed by atoms with Gasteiger partial charge in [-0.15, -0.1) is 0 Å². The Hall–Kier alpha value is -3.67. The number of carbonyl (C=O) groups is 1. The summed E-state index contributed by atoms with van der Waals surface area (Å²) >= 11 is 0. The average Bonchev–Trinajstić information content (AvgIpc) is 3.09. The number of nitrogens with one attached hydrogen (secondary N) is 1. The van der Waals surface area contributed by atoms with Gasteiger partial charge >= 0.3 is 0 Å². The lowest BCUT2D eigenvalue weighted by Crippen LogP contribution is -2.14. The Morgan fingerprint density at radius 2 is 1.79 bits per heavy atom. The lowest BCUT2D eigenvalue weighted by atomic mass is 10.2. The van der Waals surface area contributed by atoms with Crippen LogP contribution in [0.1, 0.15) is 11.3 Å². The molecule has 2 aromatic carbocycles. The SMILES string of the molecule is O=C(Cc1cn2cc(F)ccc2n1)Nc1ccc(OCc2ccccc2)cc1. The zero-order valence-corrected chi connectivity index (χ0v) is 15.0. The number of carbonyl (C=O) groups excluding carboxylic acids is 1. The first kappa shape index (κ1) is 17.7. The number of nitrogens with zero attached hydrogens (tertiary/aromatic N) is 2. The maximum absolute atomic E-state index is 13.2. The fourth-order valence-electron chi connectivity index (χ4n) is 2.85. The summed E-state index contributed by atoms with van der Waals surface area (Å²) in [4.78, 5) is 16.6. The number of imidazole rings is 1. The van der Waals surface area contributed by atoms with E-state index < -0.39 is 0 Å². The molecule has 28 heavy (non-hydrogen) atoms. The van der Waals surface area contributed by atoms with Crippen molar-refractivity contribution in [2.45, 2.75) is 13.0 Å². The third kappa shape index (κ3) is 4.35. The first-order valence-electron chi connectivity index (χ1n) is 8.85. The number of ether oxygens (including phenoxy) is 1. The highest BCUT2D eigenvalue weighted by molar-refractivity contribution is 5.92. The molecule has 0 radical (unpaired) electrons. The summed E-state index contributed by atoms with van der Waals surface area (Å²) in [6.07, 6.45) is 3.09. The fourth-order valence-corrected chi connectivity index (χ4v) is 2.85. The van der Waals surface area contributed by atoms with Gasteiger partial charge < -0.3 is 14.5 Å². The maximum atomic E-state index is 13.2. The summed E-state index contributed by atoms with van der Waals surface area (Å²) in [6.45, 7) is 0.487. The molecule has 0 saturated heterocycles. The highest BCUT2D eigenvalue weighted by atomic mass is 19.1. The van der Waals surface area contributed by atoms with Crippen LogP contribution in [-0.2, 0) is 17.8 Å². The van der Waals surface area contributed by atoms with Crippen molar-refractivity contribution in [2.24, 2.45) is 0 Å². The van der Waals surface area contributed by atoms with Gasteiger partial charge in [0.05, 0.1) is 12.1 Å². The minimum atomic E-state index is -0.351. The molecule has 0 aliphatic heterocycles. The third-order valence-corrected chi connectivity index (χ3v) is 4.19. The molecule has 1 amide bonds. The smallest absolute Gasteiger partial charge is 0.230 e. The number of benzene rings is 2. The molecular formula is C22H18FN3O2. The van der Waals surface area contributed by atoms with Crippen LogP contribution in [0.2, 0.25) is 0 Å². The molecule has 5 nitrogen and oxygen atoms in total. The molecule has 0 aliphatic carbocycles. The maximum Gasteiger partial charge on any atom is 0.230 e.